The average molecular weight is 328 g/mol. The molecule has 10 heteroatoms. The van der Waals surface area contributed by atoms with Crippen molar-refractivity contribution in [3.63, 3.8) is 0 Å². The fourth-order valence-corrected chi connectivity index (χ4v) is 2.74. The number of ether oxygens (including phenoxy) is 3. The second kappa shape index (κ2) is 5.72. The number of benzene rings is 1. The number of nitrogens with zero attached hydrogens (tertiary/aromatic N) is 3. The van der Waals surface area contributed by atoms with Gasteiger partial charge >= 0.3 is 0 Å². The highest BCUT2D eigenvalue weighted by molar-refractivity contribution is 8.06. The number of hydrogen-bond donors (Lipinski definition) is 1. The Bertz CT molecular complexity index is 669. The Labute approximate surface area is 127 Å². The predicted molar refractivity (Wildman–Crippen MR) is 78.4 cm³/mol. The van der Waals surface area contributed by atoms with E-state index in [4.69, 9.17) is 14.2 Å². The molecule has 2 aliphatic rings. The molecule has 22 heavy (non-hydrogen) atoms. The first-order valence-electron chi connectivity index (χ1n) is 6.50. The second-order valence-electron chi connectivity index (χ2n) is 4.68. The van der Waals surface area contributed by atoms with E-state index in [9.17, 15) is 8.42 Å². The Morgan fingerprint density at radius 2 is 1.91 bits per heavy atom. The summed E-state index contributed by atoms with van der Waals surface area (Å²) in [5, 5.41) is 6.47. The second-order valence-corrected chi connectivity index (χ2v) is 6.59. The van der Waals surface area contributed by atoms with Crippen LogP contribution >= 0.6 is 0 Å². The zero-order valence-electron chi connectivity index (χ0n) is 12.1. The fourth-order valence-electron chi connectivity index (χ4n) is 2.03. The molecule has 1 fully saturated rings. The van der Waals surface area contributed by atoms with Crippen LogP contribution in [-0.4, -0.2) is 51.7 Å². The van der Waals surface area contributed by atoms with E-state index in [1.807, 2.05) is 0 Å². The molecule has 120 valence electrons. The van der Waals surface area contributed by atoms with Gasteiger partial charge < -0.3 is 14.2 Å². The molecule has 1 saturated heterocycles. The maximum Gasteiger partial charge on any atom is 0.272 e. The van der Waals surface area contributed by atoms with Crippen LogP contribution < -0.4 is 15.3 Å². The van der Waals surface area contributed by atoms with Gasteiger partial charge in [0.15, 0.2) is 0 Å². The van der Waals surface area contributed by atoms with Gasteiger partial charge in [-0.15, -0.1) is 10.6 Å². The Hall–Kier alpha value is -1.88. The molecule has 1 aromatic rings. The van der Waals surface area contributed by atoms with Crippen molar-refractivity contribution < 1.29 is 22.6 Å². The van der Waals surface area contributed by atoms with E-state index in [2.05, 4.69) is 10.6 Å². The van der Waals surface area contributed by atoms with Crippen molar-refractivity contribution >= 4 is 20.7 Å². The molecule has 2 heterocycles. The Balaban J connectivity index is 1.90. The Morgan fingerprint density at radius 3 is 2.45 bits per heavy atom. The average Bonchev–Trinajstić information content (AvgIpc) is 3.15. The van der Waals surface area contributed by atoms with E-state index in [0.29, 0.717) is 24.7 Å². The van der Waals surface area contributed by atoms with Gasteiger partial charge in [-0.05, 0) is 24.3 Å². The van der Waals surface area contributed by atoms with Crippen molar-refractivity contribution in [2.75, 3.05) is 31.6 Å². The van der Waals surface area contributed by atoms with E-state index in [-0.39, 0.29) is 5.17 Å². The molecule has 0 atom stereocenters. The summed E-state index contributed by atoms with van der Waals surface area (Å²) in [4.78, 5) is 0. The maximum absolute atomic E-state index is 12.0. The molecule has 0 bridgehead atoms. The van der Waals surface area contributed by atoms with Crippen LogP contribution in [-0.2, 0) is 19.3 Å². The van der Waals surface area contributed by atoms with Crippen LogP contribution in [0.3, 0.4) is 0 Å². The minimum absolute atomic E-state index is 0.142. The number of amidine groups is 1. The standard InChI is InChI=1S/C12H16N4O5S/c1-19-10-5-3-9(4-6-10)15-11(22(2,17)18)13-16(14-15)12-20-7-8-21-12/h3-6,12,14H,7-8H2,1-2H3. The number of anilines is 1. The highest BCUT2D eigenvalue weighted by Gasteiger charge is 2.36. The summed E-state index contributed by atoms with van der Waals surface area (Å²) in [6.45, 7) is 0.851. The number of nitrogens with one attached hydrogen (secondary N) is 1. The van der Waals surface area contributed by atoms with Crippen molar-refractivity contribution in [2.24, 2.45) is 5.10 Å². The van der Waals surface area contributed by atoms with Crippen LogP contribution in [0, 0.1) is 0 Å². The minimum atomic E-state index is -3.55. The van der Waals surface area contributed by atoms with E-state index >= 15 is 0 Å². The summed E-state index contributed by atoms with van der Waals surface area (Å²) >= 11 is 0. The summed E-state index contributed by atoms with van der Waals surface area (Å²) in [5.74, 6) is 0.667. The van der Waals surface area contributed by atoms with E-state index in [1.165, 1.54) is 10.1 Å². The smallest absolute Gasteiger partial charge is 0.272 e. The van der Waals surface area contributed by atoms with E-state index < -0.39 is 16.3 Å². The van der Waals surface area contributed by atoms with Crippen LogP contribution in [0.2, 0.25) is 0 Å². The zero-order valence-corrected chi connectivity index (χ0v) is 12.9. The van der Waals surface area contributed by atoms with Gasteiger partial charge in [-0.3, -0.25) is 0 Å². The number of methoxy groups -OCH3 is 1. The molecule has 0 amide bonds. The molecule has 0 aromatic heterocycles. The first-order valence-corrected chi connectivity index (χ1v) is 8.40. The highest BCUT2D eigenvalue weighted by atomic mass is 32.2. The molecule has 0 saturated carbocycles. The van der Waals surface area contributed by atoms with Crippen LogP contribution in [0.4, 0.5) is 5.69 Å². The number of hydrogen-bond acceptors (Lipinski definition) is 9. The molecule has 0 spiro atoms. The molecule has 1 N–H and O–H groups in total. The van der Waals surface area contributed by atoms with Crippen molar-refractivity contribution in [1.29, 1.82) is 0 Å². The first-order chi connectivity index (χ1) is 10.5. The molecular formula is C12H16N4O5S. The van der Waals surface area contributed by atoms with Crippen molar-refractivity contribution in [3.05, 3.63) is 24.3 Å². The summed E-state index contributed by atoms with van der Waals surface area (Å²) < 4.78 is 39.6. The van der Waals surface area contributed by atoms with Gasteiger partial charge in [0, 0.05) is 6.26 Å². The first kappa shape index (κ1) is 15.0. The van der Waals surface area contributed by atoms with E-state index in [0.717, 1.165) is 6.26 Å². The number of sulfone groups is 1. The van der Waals surface area contributed by atoms with Gasteiger partial charge in [0.25, 0.3) is 11.6 Å². The van der Waals surface area contributed by atoms with Gasteiger partial charge in [-0.25, -0.2) is 13.4 Å². The van der Waals surface area contributed by atoms with Crippen LogP contribution in [0.5, 0.6) is 5.75 Å². The third kappa shape index (κ3) is 2.86. The van der Waals surface area contributed by atoms with E-state index in [1.54, 1.807) is 31.4 Å². The van der Waals surface area contributed by atoms with Gasteiger partial charge in [0.05, 0.1) is 26.0 Å². The molecule has 0 unspecified atom stereocenters. The normalized spacial score (nSPS) is 19.6. The fraction of sp³-hybridized carbons (Fsp3) is 0.417. The lowest BCUT2D eigenvalue weighted by atomic mass is 10.3. The Kier molecular flexibility index (Phi) is 3.91. The summed E-state index contributed by atoms with van der Waals surface area (Å²) in [7, 11) is -1.99. The minimum Gasteiger partial charge on any atom is -0.497 e. The third-order valence-electron chi connectivity index (χ3n) is 3.05. The quantitative estimate of drug-likeness (QED) is 0.821. The molecule has 2 aliphatic heterocycles. The topological polar surface area (TPSA) is 92.7 Å². The molecular weight excluding hydrogens is 312 g/mol. The zero-order chi connectivity index (χ0) is 15.7. The van der Waals surface area contributed by atoms with Gasteiger partial charge in [-0.1, -0.05) is 0 Å². The monoisotopic (exact) mass is 328 g/mol. The molecule has 3 rings (SSSR count). The van der Waals surface area contributed by atoms with Crippen LogP contribution in [0.25, 0.3) is 0 Å². The Morgan fingerprint density at radius 1 is 1.27 bits per heavy atom. The molecule has 0 aliphatic carbocycles. The van der Waals surface area contributed by atoms with Crippen molar-refractivity contribution in [1.82, 2.24) is 10.7 Å². The molecule has 0 radical (unpaired) electrons. The summed E-state index contributed by atoms with van der Waals surface area (Å²) in [6.07, 6.45) is 0.323. The maximum atomic E-state index is 12.0. The highest BCUT2D eigenvalue weighted by Crippen LogP contribution is 2.23. The molecule has 9 nitrogen and oxygen atoms in total. The number of hydrazine groups is 2. The van der Waals surface area contributed by atoms with Gasteiger partial charge in [0.2, 0.25) is 9.84 Å². The third-order valence-corrected chi connectivity index (χ3v) is 3.98. The largest absolute Gasteiger partial charge is 0.497 e. The van der Waals surface area contributed by atoms with Crippen molar-refractivity contribution in [2.45, 2.75) is 6.41 Å². The van der Waals surface area contributed by atoms with Crippen LogP contribution in [0.15, 0.2) is 29.4 Å². The lowest BCUT2D eigenvalue weighted by molar-refractivity contribution is -0.168. The number of hydrazone groups is 1. The van der Waals surface area contributed by atoms with Gasteiger partial charge in [-0.2, -0.15) is 5.12 Å². The lowest BCUT2D eigenvalue weighted by Crippen LogP contribution is -2.48. The van der Waals surface area contributed by atoms with Crippen LogP contribution in [0.1, 0.15) is 0 Å². The lowest BCUT2D eigenvalue weighted by Gasteiger charge is -2.23. The van der Waals surface area contributed by atoms with Gasteiger partial charge in [0.1, 0.15) is 5.75 Å². The van der Waals surface area contributed by atoms with Crippen molar-refractivity contribution in [3.8, 4) is 5.75 Å². The molecule has 1 aromatic carbocycles. The predicted octanol–water partition coefficient (Wildman–Crippen LogP) is -0.117. The number of rotatable bonds is 3. The SMILES string of the molecule is COc1ccc(N2NN(C3OCCO3)N=C2S(C)(=O)=O)cc1. The summed E-state index contributed by atoms with van der Waals surface area (Å²) in [5.41, 5.74) is 3.42. The summed E-state index contributed by atoms with van der Waals surface area (Å²) in [6, 6.07) is 6.88.